The van der Waals surface area contributed by atoms with Crippen LogP contribution >= 0.6 is 11.8 Å². The van der Waals surface area contributed by atoms with Crippen LogP contribution in [0.1, 0.15) is 11.1 Å². The number of benzene rings is 1. The maximum Gasteiger partial charge on any atom is 0.192 e. The van der Waals surface area contributed by atoms with Gasteiger partial charge in [0.1, 0.15) is 5.84 Å². The number of aromatic nitrogens is 2. The number of nitrogens with zero attached hydrogens (tertiary/aromatic N) is 2. The highest BCUT2D eigenvalue weighted by molar-refractivity contribution is 7.99. The first kappa shape index (κ1) is 11.6. The second-order valence-corrected chi connectivity index (χ2v) is 4.48. The van der Waals surface area contributed by atoms with Gasteiger partial charge in [0.15, 0.2) is 5.16 Å². The van der Waals surface area contributed by atoms with Crippen LogP contribution < -0.4 is 5.73 Å². The van der Waals surface area contributed by atoms with Gasteiger partial charge in [-0.15, -0.1) is 0 Å². The molecule has 0 unspecified atom stereocenters. The van der Waals surface area contributed by atoms with Gasteiger partial charge in [0.25, 0.3) is 0 Å². The van der Waals surface area contributed by atoms with E-state index in [9.17, 15) is 0 Å². The molecule has 0 aliphatic heterocycles. The molecule has 0 amide bonds. The molecule has 0 saturated carbocycles. The van der Waals surface area contributed by atoms with E-state index in [1.807, 2.05) is 25.1 Å². The molecule has 4 nitrogen and oxygen atoms in total. The smallest absolute Gasteiger partial charge is 0.192 e. The van der Waals surface area contributed by atoms with Crippen LogP contribution in [0.5, 0.6) is 0 Å². The minimum atomic E-state index is 0.0622. The maximum absolute atomic E-state index is 7.56. The van der Waals surface area contributed by atoms with Gasteiger partial charge in [-0.3, -0.25) is 5.41 Å². The van der Waals surface area contributed by atoms with Crippen molar-refractivity contribution < 1.29 is 0 Å². The van der Waals surface area contributed by atoms with Gasteiger partial charge in [-0.05, 0) is 30.3 Å². The van der Waals surface area contributed by atoms with E-state index in [1.165, 1.54) is 11.8 Å². The first-order valence-corrected chi connectivity index (χ1v) is 5.89. The van der Waals surface area contributed by atoms with Gasteiger partial charge in [-0.2, -0.15) is 0 Å². The predicted octanol–water partition coefficient (Wildman–Crippen LogP) is 2.22. The fourth-order valence-corrected chi connectivity index (χ4v) is 2.36. The molecule has 1 aromatic heterocycles. The van der Waals surface area contributed by atoms with E-state index >= 15 is 0 Å². The Morgan fingerprint density at radius 3 is 2.59 bits per heavy atom. The van der Waals surface area contributed by atoms with Gasteiger partial charge >= 0.3 is 0 Å². The number of nitrogens with one attached hydrogen (secondary N) is 1. The normalized spacial score (nSPS) is 10.2. The largest absolute Gasteiger partial charge is 0.384 e. The Kier molecular flexibility index (Phi) is 3.39. The van der Waals surface area contributed by atoms with Gasteiger partial charge in [-0.25, -0.2) is 9.97 Å². The molecule has 2 rings (SSSR count). The van der Waals surface area contributed by atoms with Crippen LogP contribution in [0.25, 0.3) is 0 Å². The van der Waals surface area contributed by atoms with Crippen molar-refractivity contribution in [2.24, 2.45) is 5.73 Å². The summed E-state index contributed by atoms with van der Waals surface area (Å²) in [6.07, 6.45) is 3.39. The topological polar surface area (TPSA) is 75.7 Å². The average molecular weight is 244 g/mol. The summed E-state index contributed by atoms with van der Waals surface area (Å²) < 4.78 is 0. The molecule has 3 N–H and O–H groups in total. The number of rotatable bonds is 3. The first-order valence-electron chi connectivity index (χ1n) is 5.07. The molecule has 1 aromatic carbocycles. The summed E-state index contributed by atoms with van der Waals surface area (Å²) in [7, 11) is 0. The summed E-state index contributed by atoms with van der Waals surface area (Å²) in [4.78, 5) is 9.25. The summed E-state index contributed by atoms with van der Waals surface area (Å²) in [6.45, 7) is 1.98. The average Bonchev–Trinajstić information content (AvgIpc) is 2.33. The number of hydrogen-bond donors (Lipinski definition) is 2. The lowest BCUT2D eigenvalue weighted by molar-refractivity contribution is 0.965. The van der Waals surface area contributed by atoms with Gasteiger partial charge in [0, 0.05) is 22.9 Å². The number of nitrogens with two attached hydrogens (primary N) is 1. The molecular weight excluding hydrogens is 232 g/mol. The standard InChI is InChI=1S/C12H12N4S/c1-8-4-2-5-9(11(13)14)10(8)17-12-15-6-3-7-16-12/h2-7H,1H3,(H3,13,14). The zero-order valence-electron chi connectivity index (χ0n) is 9.34. The molecule has 0 spiro atoms. The first-order chi connectivity index (χ1) is 8.18. The molecular formula is C12H12N4S. The van der Waals surface area contributed by atoms with Crippen molar-refractivity contribution in [2.45, 2.75) is 17.0 Å². The van der Waals surface area contributed by atoms with E-state index in [-0.39, 0.29) is 5.84 Å². The number of nitrogen functional groups attached to an aromatic ring is 1. The summed E-state index contributed by atoms with van der Waals surface area (Å²) >= 11 is 1.43. The van der Waals surface area contributed by atoms with E-state index in [2.05, 4.69) is 9.97 Å². The summed E-state index contributed by atoms with van der Waals surface area (Å²) in [6, 6.07) is 7.48. The lowest BCUT2D eigenvalue weighted by Gasteiger charge is -2.09. The van der Waals surface area contributed by atoms with Crippen molar-refractivity contribution in [3.63, 3.8) is 0 Å². The summed E-state index contributed by atoms with van der Waals surface area (Å²) in [5.41, 5.74) is 7.36. The zero-order chi connectivity index (χ0) is 12.3. The van der Waals surface area contributed by atoms with Crippen LogP contribution in [-0.4, -0.2) is 15.8 Å². The van der Waals surface area contributed by atoms with Crippen LogP contribution in [0.2, 0.25) is 0 Å². The van der Waals surface area contributed by atoms with Crippen LogP contribution in [0.15, 0.2) is 46.7 Å². The quantitative estimate of drug-likeness (QED) is 0.493. The predicted molar refractivity (Wildman–Crippen MR) is 68.4 cm³/mol. The fourth-order valence-electron chi connectivity index (χ4n) is 1.43. The molecule has 0 aliphatic rings. The van der Waals surface area contributed by atoms with Crippen LogP contribution in [0.3, 0.4) is 0 Å². The third-order valence-corrected chi connectivity index (χ3v) is 3.38. The van der Waals surface area contributed by atoms with Crippen LogP contribution in [0.4, 0.5) is 0 Å². The van der Waals surface area contributed by atoms with Crippen molar-refractivity contribution >= 4 is 17.6 Å². The van der Waals surface area contributed by atoms with Crippen LogP contribution in [-0.2, 0) is 0 Å². The Morgan fingerprint density at radius 1 is 1.24 bits per heavy atom. The molecule has 0 radical (unpaired) electrons. The molecule has 86 valence electrons. The van der Waals surface area contributed by atoms with Crippen LogP contribution in [0, 0.1) is 12.3 Å². The second-order valence-electron chi connectivity index (χ2n) is 3.50. The van der Waals surface area contributed by atoms with Gasteiger partial charge in [0.2, 0.25) is 0 Å². The molecule has 0 fully saturated rings. The third kappa shape index (κ3) is 2.62. The Balaban J connectivity index is 2.41. The van der Waals surface area contributed by atoms with E-state index in [4.69, 9.17) is 11.1 Å². The van der Waals surface area contributed by atoms with Gasteiger partial charge in [0.05, 0.1) is 0 Å². The highest BCUT2D eigenvalue weighted by atomic mass is 32.2. The molecule has 1 heterocycles. The highest BCUT2D eigenvalue weighted by Gasteiger charge is 2.10. The van der Waals surface area contributed by atoms with E-state index < -0.39 is 0 Å². The van der Waals surface area contributed by atoms with Crippen molar-refractivity contribution in [3.05, 3.63) is 47.8 Å². The minimum absolute atomic E-state index is 0.0622. The zero-order valence-corrected chi connectivity index (χ0v) is 10.2. The molecule has 0 atom stereocenters. The maximum atomic E-state index is 7.56. The molecule has 2 aromatic rings. The van der Waals surface area contributed by atoms with Crippen molar-refractivity contribution in [1.82, 2.24) is 9.97 Å². The van der Waals surface area contributed by atoms with Crippen molar-refractivity contribution in [2.75, 3.05) is 0 Å². The lowest BCUT2D eigenvalue weighted by Crippen LogP contribution is -2.12. The monoisotopic (exact) mass is 244 g/mol. The van der Waals surface area contributed by atoms with E-state index in [0.717, 1.165) is 16.0 Å². The Hall–Kier alpha value is -1.88. The fraction of sp³-hybridized carbons (Fsp3) is 0.0833. The Morgan fingerprint density at radius 2 is 1.94 bits per heavy atom. The molecule has 0 bridgehead atoms. The minimum Gasteiger partial charge on any atom is -0.384 e. The van der Waals surface area contributed by atoms with Crippen molar-refractivity contribution in [1.29, 1.82) is 5.41 Å². The highest BCUT2D eigenvalue weighted by Crippen LogP contribution is 2.30. The summed E-state index contributed by atoms with van der Waals surface area (Å²) in [5.74, 6) is 0.0622. The molecule has 5 heteroatoms. The number of amidine groups is 1. The SMILES string of the molecule is Cc1cccc(C(=N)N)c1Sc1ncccn1. The van der Waals surface area contributed by atoms with Crippen molar-refractivity contribution in [3.8, 4) is 0 Å². The van der Waals surface area contributed by atoms with E-state index in [0.29, 0.717) is 5.16 Å². The number of hydrogen-bond acceptors (Lipinski definition) is 4. The lowest BCUT2D eigenvalue weighted by atomic mass is 10.1. The molecule has 0 aliphatic carbocycles. The van der Waals surface area contributed by atoms with Gasteiger partial charge in [-0.1, -0.05) is 18.2 Å². The number of aryl methyl sites for hydroxylation is 1. The Bertz CT molecular complexity index is 539. The second kappa shape index (κ2) is 4.97. The summed E-state index contributed by atoms with van der Waals surface area (Å²) in [5, 5.41) is 8.22. The van der Waals surface area contributed by atoms with Gasteiger partial charge < -0.3 is 5.73 Å². The molecule has 0 saturated heterocycles. The molecule has 17 heavy (non-hydrogen) atoms. The Labute approximate surface area is 104 Å². The van der Waals surface area contributed by atoms with E-state index in [1.54, 1.807) is 18.5 Å². The third-order valence-electron chi connectivity index (χ3n) is 2.24.